The zero-order valence-corrected chi connectivity index (χ0v) is 17.4. The monoisotopic (exact) mass is 340 g/mol. The molecule has 2 rings (SSSR count). The summed E-state index contributed by atoms with van der Waals surface area (Å²) in [5, 5.41) is 0. The van der Waals surface area contributed by atoms with Gasteiger partial charge in [0.05, 0.1) is 0 Å². The van der Waals surface area contributed by atoms with Crippen LogP contribution in [0.25, 0.3) is 0 Å². The second-order valence-electron chi connectivity index (χ2n) is 8.01. The van der Waals surface area contributed by atoms with Crippen LogP contribution in [-0.4, -0.2) is 22.8 Å². The molecule has 136 valence electrons. The van der Waals surface area contributed by atoms with Gasteiger partial charge in [0.2, 0.25) is 0 Å². The van der Waals surface area contributed by atoms with Gasteiger partial charge in [0.25, 0.3) is 0 Å². The van der Waals surface area contributed by atoms with Crippen molar-refractivity contribution in [3.05, 3.63) is 0 Å². The first-order chi connectivity index (χ1) is 11.1. The van der Waals surface area contributed by atoms with Crippen LogP contribution in [0.1, 0.15) is 79.1 Å². The molecule has 3 heteroatoms. The van der Waals surface area contributed by atoms with Crippen molar-refractivity contribution in [1.29, 1.82) is 0 Å². The Morgan fingerprint density at radius 3 is 1.04 bits per heavy atom. The molecule has 2 fully saturated rings. The van der Waals surface area contributed by atoms with Crippen molar-refractivity contribution >= 4 is 8.56 Å². The normalized spacial score (nSPS) is 38.3. The minimum Gasteiger partial charge on any atom is -0.397 e. The van der Waals surface area contributed by atoms with Gasteiger partial charge in [0.15, 0.2) is 0 Å². The van der Waals surface area contributed by atoms with Crippen LogP contribution >= 0.6 is 0 Å². The highest BCUT2D eigenvalue weighted by molar-refractivity contribution is 6.71. The molecular weight excluding hydrogens is 300 g/mol. The van der Waals surface area contributed by atoms with Crippen molar-refractivity contribution in [2.75, 3.05) is 14.2 Å². The average Bonchev–Trinajstić information content (AvgIpc) is 3.21. The van der Waals surface area contributed by atoms with Gasteiger partial charge in [-0.3, -0.25) is 0 Å². The van der Waals surface area contributed by atoms with E-state index in [1.807, 2.05) is 14.2 Å². The molecule has 2 aliphatic carbocycles. The van der Waals surface area contributed by atoms with Crippen molar-refractivity contribution in [3.8, 4) is 0 Å². The van der Waals surface area contributed by atoms with E-state index in [1.54, 1.807) is 0 Å². The standard InChI is InChI=1S/C20H40O2Si/c1-7-15-11-12-16(8-2)19(15)23(21-5,22-6)20-17(9-3)13-14-18(20)10-4/h15-20H,7-14H2,1-6H3. The van der Waals surface area contributed by atoms with Crippen molar-refractivity contribution < 1.29 is 8.85 Å². The third-order valence-electron chi connectivity index (χ3n) is 7.51. The van der Waals surface area contributed by atoms with E-state index in [0.717, 1.165) is 23.7 Å². The lowest BCUT2D eigenvalue weighted by atomic mass is 9.99. The molecule has 4 unspecified atom stereocenters. The van der Waals surface area contributed by atoms with E-state index in [1.165, 1.54) is 51.4 Å². The van der Waals surface area contributed by atoms with Gasteiger partial charge in [0.1, 0.15) is 0 Å². The largest absolute Gasteiger partial charge is 0.397 e. The third kappa shape index (κ3) is 3.30. The molecule has 4 atom stereocenters. The van der Waals surface area contributed by atoms with Crippen LogP contribution in [0.3, 0.4) is 0 Å². The second-order valence-corrected chi connectivity index (χ2v) is 11.6. The van der Waals surface area contributed by atoms with E-state index in [0.29, 0.717) is 11.1 Å². The Kier molecular flexibility index (Phi) is 7.18. The Bertz CT molecular complexity index is 302. The molecule has 23 heavy (non-hydrogen) atoms. The van der Waals surface area contributed by atoms with Gasteiger partial charge in [-0.25, -0.2) is 0 Å². The van der Waals surface area contributed by atoms with Crippen LogP contribution in [0.15, 0.2) is 0 Å². The third-order valence-corrected chi connectivity index (χ3v) is 12.5. The van der Waals surface area contributed by atoms with Crippen LogP contribution in [-0.2, 0) is 8.85 Å². The summed E-state index contributed by atoms with van der Waals surface area (Å²) in [6.45, 7) is 9.51. The summed E-state index contributed by atoms with van der Waals surface area (Å²) >= 11 is 0. The Morgan fingerprint density at radius 1 is 0.609 bits per heavy atom. The topological polar surface area (TPSA) is 18.5 Å². The van der Waals surface area contributed by atoms with E-state index >= 15 is 0 Å². The number of hydrogen-bond acceptors (Lipinski definition) is 2. The van der Waals surface area contributed by atoms with Crippen LogP contribution in [0.5, 0.6) is 0 Å². The van der Waals surface area contributed by atoms with Crippen molar-refractivity contribution in [2.24, 2.45) is 23.7 Å². The quantitative estimate of drug-likeness (QED) is 0.493. The smallest absolute Gasteiger partial charge is 0.345 e. The molecule has 0 radical (unpaired) electrons. The lowest BCUT2D eigenvalue weighted by Gasteiger charge is -2.46. The van der Waals surface area contributed by atoms with Gasteiger partial charge in [-0.15, -0.1) is 0 Å². The Hall–Kier alpha value is 0.137. The van der Waals surface area contributed by atoms with Crippen LogP contribution in [0.2, 0.25) is 11.1 Å². The molecule has 2 nitrogen and oxygen atoms in total. The molecule has 0 aromatic carbocycles. The van der Waals surface area contributed by atoms with E-state index in [4.69, 9.17) is 8.85 Å². The fraction of sp³-hybridized carbons (Fsp3) is 1.00. The summed E-state index contributed by atoms with van der Waals surface area (Å²) in [6, 6.07) is 0. The summed E-state index contributed by atoms with van der Waals surface area (Å²) in [7, 11) is 1.74. The van der Waals surface area contributed by atoms with Crippen LogP contribution in [0.4, 0.5) is 0 Å². The zero-order chi connectivity index (χ0) is 17.0. The van der Waals surface area contributed by atoms with Crippen molar-refractivity contribution in [2.45, 2.75) is 90.1 Å². The van der Waals surface area contributed by atoms with Gasteiger partial charge in [-0.2, -0.15) is 0 Å². The summed E-state index contributed by atoms with van der Waals surface area (Å²) < 4.78 is 13.0. The predicted octanol–water partition coefficient (Wildman–Crippen LogP) is 6.15. The Balaban J connectivity index is 2.43. The van der Waals surface area contributed by atoms with Gasteiger partial charge in [0, 0.05) is 25.3 Å². The summed E-state index contributed by atoms with van der Waals surface area (Å²) in [4.78, 5) is 0. The molecule has 0 aliphatic heterocycles. The van der Waals surface area contributed by atoms with Crippen molar-refractivity contribution in [3.63, 3.8) is 0 Å². The lowest BCUT2D eigenvalue weighted by molar-refractivity contribution is 0.173. The molecule has 0 heterocycles. The SMILES string of the molecule is CCC1CCC(CC)C1[Si](OC)(OC)C1C(CC)CCC1CC. The number of rotatable bonds is 8. The Morgan fingerprint density at radius 2 is 0.870 bits per heavy atom. The number of hydrogen-bond donors (Lipinski definition) is 0. The summed E-state index contributed by atoms with van der Waals surface area (Å²) in [6.07, 6.45) is 10.7. The molecule has 0 saturated heterocycles. The van der Waals surface area contributed by atoms with E-state index in [9.17, 15) is 0 Å². The van der Waals surface area contributed by atoms with Crippen molar-refractivity contribution in [1.82, 2.24) is 0 Å². The molecule has 0 aromatic heterocycles. The molecule has 0 bridgehead atoms. The molecule has 2 aliphatic rings. The Labute approximate surface area is 146 Å². The highest BCUT2D eigenvalue weighted by Crippen LogP contribution is 2.60. The molecule has 2 saturated carbocycles. The predicted molar refractivity (Wildman–Crippen MR) is 101 cm³/mol. The average molecular weight is 341 g/mol. The lowest BCUT2D eigenvalue weighted by Crippen LogP contribution is -2.55. The summed E-state index contributed by atoms with van der Waals surface area (Å²) in [5.74, 6) is 3.29. The minimum atomic E-state index is -2.21. The van der Waals surface area contributed by atoms with Gasteiger partial charge in [-0.1, -0.05) is 79.1 Å². The van der Waals surface area contributed by atoms with Gasteiger partial charge in [-0.05, 0) is 23.7 Å². The first-order valence-electron chi connectivity index (χ1n) is 10.2. The zero-order valence-electron chi connectivity index (χ0n) is 16.4. The van der Waals surface area contributed by atoms with Gasteiger partial charge >= 0.3 is 8.56 Å². The summed E-state index contributed by atoms with van der Waals surface area (Å²) in [5.41, 5.74) is 1.41. The maximum atomic E-state index is 6.50. The second kappa shape index (κ2) is 8.49. The molecule has 0 aromatic rings. The van der Waals surface area contributed by atoms with E-state index < -0.39 is 8.56 Å². The van der Waals surface area contributed by atoms with Crippen LogP contribution < -0.4 is 0 Å². The molecule has 0 spiro atoms. The van der Waals surface area contributed by atoms with E-state index in [2.05, 4.69) is 27.7 Å². The fourth-order valence-corrected chi connectivity index (χ4v) is 12.3. The highest BCUT2D eigenvalue weighted by Gasteiger charge is 2.61. The highest BCUT2D eigenvalue weighted by atomic mass is 28.4. The molecule has 0 amide bonds. The van der Waals surface area contributed by atoms with E-state index in [-0.39, 0.29) is 0 Å². The molecule has 0 N–H and O–H groups in total. The maximum Gasteiger partial charge on any atom is 0.345 e. The van der Waals surface area contributed by atoms with Gasteiger partial charge < -0.3 is 8.85 Å². The maximum absolute atomic E-state index is 6.50. The first kappa shape index (κ1) is 19.5. The first-order valence-corrected chi connectivity index (χ1v) is 12.2. The van der Waals surface area contributed by atoms with Crippen LogP contribution in [0, 0.1) is 23.7 Å². The fourth-order valence-electron chi connectivity index (χ4n) is 6.34. The minimum absolute atomic E-state index is 0.707. The molecular formula is C20H40O2Si.